The van der Waals surface area contributed by atoms with Gasteiger partial charge >= 0.3 is 6.09 Å². The van der Waals surface area contributed by atoms with Crippen molar-refractivity contribution in [2.24, 2.45) is 0 Å². The van der Waals surface area contributed by atoms with E-state index >= 15 is 0 Å². The molecule has 0 radical (unpaired) electrons. The van der Waals surface area contributed by atoms with Crippen LogP contribution in [0, 0.1) is 0 Å². The monoisotopic (exact) mass is 426 g/mol. The lowest BCUT2D eigenvalue weighted by molar-refractivity contribution is -0.120. The molecule has 1 fully saturated rings. The molecule has 1 N–H and O–H groups in total. The highest BCUT2D eigenvalue weighted by molar-refractivity contribution is 6.30. The number of fused-ring (bicyclic) bond motifs is 2. The molecule has 1 saturated heterocycles. The second kappa shape index (κ2) is 7.13. The smallest absolute Gasteiger partial charge is 0.410 e. The molecule has 2 atom stereocenters. The number of ether oxygens (including phenoxy) is 1. The van der Waals surface area contributed by atoms with Crippen LogP contribution in [0.4, 0.5) is 10.5 Å². The molecule has 0 bridgehead atoms. The third-order valence-electron chi connectivity index (χ3n) is 5.54. The van der Waals surface area contributed by atoms with Gasteiger partial charge in [-0.1, -0.05) is 29.8 Å². The van der Waals surface area contributed by atoms with Crippen molar-refractivity contribution in [2.75, 3.05) is 11.9 Å². The van der Waals surface area contributed by atoms with Crippen LogP contribution in [-0.2, 0) is 14.9 Å². The van der Waals surface area contributed by atoms with Gasteiger partial charge < -0.3 is 10.1 Å². The van der Waals surface area contributed by atoms with Crippen molar-refractivity contribution in [2.45, 2.75) is 44.2 Å². The Balaban J connectivity index is 1.74. The summed E-state index contributed by atoms with van der Waals surface area (Å²) in [6.45, 7) is 5.38. The predicted octanol–water partition coefficient (Wildman–Crippen LogP) is 4.42. The number of nitrogens with zero attached hydrogens (tertiary/aromatic N) is 1. The Morgan fingerprint density at radius 1 is 1.13 bits per heavy atom. The minimum absolute atomic E-state index is 0.0781. The number of carbonyl (C=O) groups is 3. The Labute approximate surface area is 180 Å². The van der Waals surface area contributed by atoms with Gasteiger partial charge in [0, 0.05) is 22.8 Å². The number of anilines is 1. The molecule has 0 saturated carbocycles. The highest BCUT2D eigenvalue weighted by atomic mass is 35.5. The van der Waals surface area contributed by atoms with Crippen molar-refractivity contribution in [3.8, 4) is 0 Å². The van der Waals surface area contributed by atoms with Crippen LogP contribution in [0.1, 0.15) is 43.1 Å². The Kier molecular flexibility index (Phi) is 4.85. The van der Waals surface area contributed by atoms with Crippen LogP contribution in [0.15, 0.2) is 48.5 Å². The zero-order valence-electron chi connectivity index (χ0n) is 17.1. The summed E-state index contributed by atoms with van der Waals surface area (Å²) < 4.78 is 5.56. The first-order chi connectivity index (χ1) is 14.1. The number of likely N-dealkylation sites (tertiary alicyclic amines) is 1. The molecule has 2 aromatic rings. The van der Waals surface area contributed by atoms with Gasteiger partial charge in [0.1, 0.15) is 5.60 Å². The predicted molar refractivity (Wildman–Crippen MR) is 114 cm³/mol. The normalized spacial score (nSPS) is 22.7. The minimum Gasteiger partial charge on any atom is -0.444 e. The maximum absolute atomic E-state index is 13.4. The van der Waals surface area contributed by atoms with E-state index in [0.717, 1.165) is 5.56 Å². The molecule has 6 nitrogen and oxygen atoms in total. The Morgan fingerprint density at radius 2 is 1.80 bits per heavy atom. The van der Waals surface area contributed by atoms with E-state index in [1.807, 2.05) is 24.3 Å². The Morgan fingerprint density at radius 3 is 2.47 bits per heavy atom. The average molecular weight is 427 g/mol. The topological polar surface area (TPSA) is 75.7 Å². The first kappa shape index (κ1) is 20.4. The molecule has 2 aromatic carbocycles. The first-order valence-electron chi connectivity index (χ1n) is 9.81. The molecule has 2 aliphatic heterocycles. The summed E-state index contributed by atoms with van der Waals surface area (Å²) in [5, 5.41) is 3.41. The fourth-order valence-corrected chi connectivity index (χ4v) is 4.32. The van der Waals surface area contributed by atoms with E-state index in [-0.39, 0.29) is 24.7 Å². The fourth-order valence-electron chi connectivity index (χ4n) is 4.19. The number of hydrogen-bond acceptors (Lipinski definition) is 4. The summed E-state index contributed by atoms with van der Waals surface area (Å²) >= 11 is 5.95. The second-order valence-electron chi connectivity index (χ2n) is 8.78. The van der Waals surface area contributed by atoms with E-state index in [9.17, 15) is 14.4 Å². The number of halogens is 1. The van der Waals surface area contributed by atoms with E-state index in [4.69, 9.17) is 16.3 Å². The third kappa shape index (κ3) is 3.45. The number of benzene rings is 2. The van der Waals surface area contributed by atoms with Crippen molar-refractivity contribution >= 4 is 35.1 Å². The Bertz CT molecular complexity index is 1030. The molecule has 2 aliphatic rings. The van der Waals surface area contributed by atoms with E-state index < -0.39 is 23.2 Å². The van der Waals surface area contributed by atoms with Crippen molar-refractivity contribution in [1.29, 1.82) is 0 Å². The summed E-state index contributed by atoms with van der Waals surface area (Å²) in [5.74, 6) is -0.449. The van der Waals surface area contributed by atoms with Crippen molar-refractivity contribution in [3.05, 3.63) is 64.7 Å². The molecule has 1 spiro atoms. The second-order valence-corrected chi connectivity index (χ2v) is 9.22. The number of carbonyl (C=O) groups excluding carboxylic acids is 3. The Hall–Kier alpha value is -2.86. The zero-order valence-corrected chi connectivity index (χ0v) is 17.8. The van der Waals surface area contributed by atoms with Gasteiger partial charge in [-0.05, 0) is 63.1 Å². The van der Waals surface area contributed by atoms with Gasteiger partial charge in [-0.3, -0.25) is 14.5 Å². The molecule has 2 heterocycles. The van der Waals surface area contributed by atoms with E-state index in [1.165, 1.54) is 4.90 Å². The number of ketones is 1. The van der Waals surface area contributed by atoms with Crippen LogP contribution in [-0.4, -0.2) is 40.9 Å². The maximum Gasteiger partial charge on any atom is 0.410 e. The lowest BCUT2D eigenvalue weighted by Gasteiger charge is -2.28. The van der Waals surface area contributed by atoms with Gasteiger partial charge in [0.15, 0.2) is 5.78 Å². The van der Waals surface area contributed by atoms with Crippen LogP contribution in [0.25, 0.3) is 0 Å². The lowest BCUT2D eigenvalue weighted by Crippen LogP contribution is -2.44. The summed E-state index contributed by atoms with van der Waals surface area (Å²) in [6, 6.07) is 13.1. The van der Waals surface area contributed by atoms with Gasteiger partial charge in [-0.2, -0.15) is 0 Å². The highest BCUT2D eigenvalue weighted by Crippen LogP contribution is 2.47. The standard InChI is InChI=1S/C23H23ClN2O4/c1-22(2,3)30-21(29)26-13-23(16-6-4-5-7-17(16)25-20(23)28)12-18(26)19(27)14-8-10-15(24)11-9-14/h4-11,18H,12-13H2,1-3H3,(H,25,28)/t18-,23+/m0/s1. The van der Waals surface area contributed by atoms with Gasteiger partial charge in [-0.15, -0.1) is 0 Å². The third-order valence-corrected chi connectivity index (χ3v) is 5.80. The molecule has 2 amide bonds. The number of hydrogen-bond donors (Lipinski definition) is 1. The lowest BCUT2D eigenvalue weighted by atomic mass is 9.79. The van der Waals surface area contributed by atoms with E-state index in [0.29, 0.717) is 16.3 Å². The van der Waals surface area contributed by atoms with E-state index in [1.54, 1.807) is 45.0 Å². The van der Waals surface area contributed by atoms with Gasteiger partial charge in [0.25, 0.3) is 0 Å². The first-order valence-corrected chi connectivity index (χ1v) is 10.2. The number of amides is 2. The van der Waals surface area contributed by atoms with Crippen LogP contribution >= 0.6 is 11.6 Å². The van der Waals surface area contributed by atoms with Gasteiger partial charge in [-0.25, -0.2) is 4.79 Å². The largest absolute Gasteiger partial charge is 0.444 e. The minimum atomic E-state index is -0.986. The van der Waals surface area contributed by atoms with Crippen LogP contribution in [0.5, 0.6) is 0 Å². The molecular weight excluding hydrogens is 404 g/mol. The molecule has 7 heteroatoms. The number of rotatable bonds is 2. The highest BCUT2D eigenvalue weighted by Gasteiger charge is 2.58. The number of para-hydroxylation sites is 1. The van der Waals surface area contributed by atoms with Gasteiger partial charge in [0.2, 0.25) is 5.91 Å². The average Bonchev–Trinajstić information content (AvgIpc) is 3.21. The van der Waals surface area contributed by atoms with Crippen LogP contribution in [0.3, 0.4) is 0 Å². The molecule has 30 heavy (non-hydrogen) atoms. The molecular formula is C23H23ClN2O4. The van der Waals surface area contributed by atoms with Crippen LogP contribution < -0.4 is 5.32 Å². The summed E-state index contributed by atoms with van der Waals surface area (Å²) in [4.78, 5) is 40.8. The van der Waals surface area contributed by atoms with Crippen molar-refractivity contribution in [3.63, 3.8) is 0 Å². The molecule has 0 unspecified atom stereocenters. The van der Waals surface area contributed by atoms with Crippen molar-refractivity contribution < 1.29 is 19.1 Å². The molecule has 0 aliphatic carbocycles. The zero-order chi connectivity index (χ0) is 21.7. The number of Topliss-reactive ketones (excluding diaryl/α,β-unsaturated/α-hetero) is 1. The quantitative estimate of drug-likeness (QED) is 0.721. The summed E-state index contributed by atoms with van der Waals surface area (Å²) in [7, 11) is 0. The summed E-state index contributed by atoms with van der Waals surface area (Å²) in [5.41, 5.74) is 0.236. The van der Waals surface area contributed by atoms with Crippen LogP contribution in [0.2, 0.25) is 5.02 Å². The molecule has 156 valence electrons. The number of nitrogens with one attached hydrogen (secondary N) is 1. The maximum atomic E-state index is 13.4. The fraction of sp³-hybridized carbons (Fsp3) is 0.348. The summed E-state index contributed by atoms with van der Waals surface area (Å²) in [6.07, 6.45) is -0.417. The van der Waals surface area contributed by atoms with E-state index in [2.05, 4.69) is 5.32 Å². The van der Waals surface area contributed by atoms with Gasteiger partial charge in [0.05, 0.1) is 11.5 Å². The molecule has 0 aromatic heterocycles. The van der Waals surface area contributed by atoms with Crippen molar-refractivity contribution in [1.82, 2.24) is 4.90 Å². The SMILES string of the molecule is CC(C)(C)OC(=O)N1C[C@@]2(C[C@H]1C(=O)c1ccc(Cl)cc1)C(=O)Nc1ccccc12. The molecule has 4 rings (SSSR count).